The number of hydrogen-bond acceptors (Lipinski definition) is 6. The molecule has 1 aromatic rings. The molecule has 0 aromatic heterocycles. The van der Waals surface area contributed by atoms with Crippen LogP contribution in [0.4, 0.5) is 0 Å². The summed E-state index contributed by atoms with van der Waals surface area (Å²) in [7, 11) is 1.59. The number of β-amino-alcohol motifs (C(OH)–C–C–N with tert-alkyl or cyclic N) is 1. The number of amides is 2. The van der Waals surface area contributed by atoms with Crippen molar-refractivity contribution in [1.29, 1.82) is 0 Å². The Labute approximate surface area is 178 Å². The van der Waals surface area contributed by atoms with Gasteiger partial charge in [-0.3, -0.25) is 14.5 Å². The topological polar surface area (TPSA) is 93.6 Å². The van der Waals surface area contributed by atoms with Gasteiger partial charge in [0.25, 0.3) is 11.8 Å². The Kier molecular flexibility index (Phi) is 7.02. The average Bonchev–Trinajstić information content (AvgIpc) is 2.97. The minimum atomic E-state index is -0.836. The van der Waals surface area contributed by atoms with Gasteiger partial charge in [0.05, 0.1) is 28.8 Å². The second kappa shape index (κ2) is 9.32. The van der Waals surface area contributed by atoms with Gasteiger partial charge in [-0.1, -0.05) is 29.3 Å². The highest BCUT2D eigenvalue weighted by Crippen LogP contribution is 2.24. The summed E-state index contributed by atoms with van der Waals surface area (Å²) in [6.45, 7) is 2.58. The number of benzene rings is 1. The number of rotatable bonds is 6. The van der Waals surface area contributed by atoms with Crippen LogP contribution >= 0.6 is 23.2 Å². The third-order valence-corrected chi connectivity index (χ3v) is 5.69. The number of carbonyl (C=O) groups excluding carboxylic acids is 2. The molecule has 2 heterocycles. The first-order valence-corrected chi connectivity index (χ1v) is 9.94. The Morgan fingerprint density at radius 2 is 2.07 bits per heavy atom. The van der Waals surface area contributed by atoms with E-state index in [1.807, 2.05) is 4.90 Å². The molecule has 1 fully saturated rings. The molecular weight excluding hydrogens is 421 g/mol. The lowest BCUT2D eigenvalue weighted by Gasteiger charge is -2.31. The maximum absolute atomic E-state index is 12.8. The number of hydrogen-bond donors (Lipinski definition) is 2. The number of carbonyl (C=O) groups is 2. The van der Waals surface area contributed by atoms with E-state index in [0.29, 0.717) is 42.8 Å². The molecule has 2 amide bonds. The summed E-state index contributed by atoms with van der Waals surface area (Å²) in [6.07, 6.45) is -0.836. The molecule has 1 saturated heterocycles. The Morgan fingerprint density at radius 1 is 1.31 bits per heavy atom. The summed E-state index contributed by atoms with van der Waals surface area (Å²) in [5, 5.41) is 20.6. The normalized spacial score (nSPS) is 20.5. The highest BCUT2D eigenvalue weighted by molar-refractivity contribution is 6.42. The van der Waals surface area contributed by atoms with Gasteiger partial charge in [0.2, 0.25) is 0 Å². The van der Waals surface area contributed by atoms with Crippen LogP contribution in [0.15, 0.2) is 29.5 Å². The molecule has 1 aromatic carbocycles. The highest BCUT2D eigenvalue weighted by atomic mass is 35.5. The van der Waals surface area contributed by atoms with Crippen LogP contribution in [0.1, 0.15) is 5.56 Å². The highest BCUT2D eigenvalue weighted by Gasteiger charge is 2.35. The summed E-state index contributed by atoms with van der Waals surface area (Å²) in [5.74, 6) is -1.51. The van der Waals surface area contributed by atoms with Crippen LogP contribution in [0.25, 0.3) is 0 Å². The standard InChI is InChI=1S/C19H23Cl2N3O5/c1-22(9-12-2-3-14(20)15(21)8-12)18(27)13-10-24(19(28)17(13)26)5-4-23-6-7-29-16(25)11-23/h2-3,8,16,25-26H,4-7,9-11H2,1H3. The molecule has 158 valence electrons. The van der Waals surface area contributed by atoms with Gasteiger partial charge >= 0.3 is 0 Å². The van der Waals surface area contributed by atoms with E-state index in [1.54, 1.807) is 25.2 Å². The van der Waals surface area contributed by atoms with Crippen molar-refractivity contribution in [2.75, 3.05) is 46.4 Å². The van der Waals surface area contributed by atoms with Crippen LogP contribution in [-0.2, 0) is 20.9 Å². The predicted molar refractivity (Wildman–Crippen MR) is 108 cm³/mol. The van der Waals surface area contributed by atoms with Gasteiger partial charge in [0.15, 0.2) is 12.0 Å². The van der Waals surface area contributed by atoms with Gasteiger partial charge in [-0.15, -0.1) is 0 Å². The Balaban J connectivity index is 1.58. The number of aliphatic hydroxyl groups is 2. The fraction of sp³-hybridized carbons (Fsp3) is 0.474. The number of likely N-dealkylation sites (N-methyl/N-ethyl adjacent to an activating group) is 1. The van der Waals surface area contributed by atoms with Crippen molar-refractivity contribution in [3.63, 3.8) is 0 Å². The molecule has 29 heavy (non-hydrogen) atoms. The van der Waals surface area contributed by atoms with E-state index in [2.05, 4.69) is 0 Å². The number of morpholine rings is 1. The molecule has 2 N–H and O–H groups in total. The number of aliphatic hydroxyl groups excluding tert-OH is 2. The number of halogens is 2. The van der Waals surface area contributed by atoms with Crippen molar-refractivity contribution < 1.29 is 24.5 Å². The first-order chi connectivity index (χ1) is 13.8. The minimum Gasteiger partial charge on any atom is -0.503 e. The Morgan fingerprint density at radius 3 is 2.76 bits per heavy atom. The molecule has 0 saturated carbocycles. The lowest BCUT2D eigenvalue weighted by atomic mass is 10.2. The maximum atomic E-state index is 12.8. The molecule has 2 aliphatic rings. The molecule has 0 radical (unpaired) electrons. The summed E-state index contributed by atoms with van der Waals surface area (Å²) < 4.78 is 5.07. The van der Waals surface area contributed by atoms with Crippen molar-refractivity contribution in [3.8, 4) is 0 Å². The van der Waals surface area contributed by atoms with Crippen LogP contribution in [0.3, 0.4) is 0 Å². The van der Waals surface area contributed by atoms with Crippen molar-refractivity contribution >= 4 is 35.0 Å². The van der Waals surface area contributed by atoms with Crippen LogP contribution in [0.5, 0.6) is 0 Å². The molecule has 2 aliphatic heterocycles. The quantitative estimate of drug-likeness (QED) is 0.687. The zero-order valence-corrected chi connectivity index (χ0v) is 17.5. The molecule has 8 nitrogen and oxygen atoms in total. The lowest BCUT2D eigenvalue weighted by Crippen LogP contribution is -2.46. The second-order valence-corrected chi connectivity index (χ2v) is 7.90. The third-order valence-electron chi connectivity index (χ3n) is 4.95. The molecule has 1 atom stereocenters. The van der Waals surface area contributed by atoms with Crippen molar-refractivity contribution in [2.45, 2.75) is 12.8 Å². The van der Waals surface area contributed by atoms with E-state index in [0.717, 1.165) is 5.56 Å². The van der Waals surface area contributed by atoms with E-state index in [4.69, 9.17) is 27.9 Å². The van der Waals surface area contributed by atoms with Crippen LogP contribution in [0, 0.1) is 0 Å². The van der Waals surface area contributed by atoms with Crippen molar-refractivity contribution in [3.05, 3.63) is 45.1 Å². The van der Waals surface area contributed by atoms with E-state index >= 15 is 0 Å². The maximum Gasteiger partial charge on any atom is 0.289 e. The number of nitrogens with zero attached hydrogens (tertiary/aromatic N) is 3. The summed E-state index contributed by atoms with van der Waals surface area (Å²) >= 11 is 11.9. The molecular formula is C19H23Cl2N3O5. The fourth-order valence-electron chi connectivity index (χ4n) is 3.33. The first-order valence-electron chi connectivity index (χ1n) is 9.19. The molecule has 0 spiro atoms. The van der Waals surface area contributed by atoms with E-state index in [-0.39, 0.29) is 18.7 Å². The van der Waals surface area contributed by atoms with E-state index < -0.39 is 23.9 Å². The largest absolute Gasteiger partial charge is 0.503 e. The van der Waals surface area contributed by atoms with E-state index in [1.165, 1.54) is 9.80 Å². The Bertz CT molecular complexity index is 832. The lowest BCUT2D eigenvalue weighted by molar-refractivity contribution is -0.147. The van der Waals surface area contributed by atoms with Crippen LogP contribution < -0.4 is 0 Å². The molecule has 3 rings (SSSR count). The second-order valence-electron chi connectivity index (χ2n) is 7.09. The zero-order chi connectivity index (χ0) is 21.1. The molecule has 10 heteroatoms. The number of ether oxygens (including phenoxy) is 1. The van der Waals surface area contributed by atoms with Gasteiger partial charge in [-0.25, -0.2) is 0 Å². The Hall–Kier alpha value is -1.84. The van der Waals surface area contributed by atoms with Crippen LogP contribution in [0.2, 0.25) is 10.0 Å². The third kappa shape index (κ3) is 5.21. The van der Waals surface area contributed by atoms with Gasteiger partial charge in [-0.2, -0.15) is 0 Å². The van der Waals surface area contributed by atoms with Crippen molar-refractivity contribution in [1.82, 2.24) is 14.7 Å². The van der Waals surface area contributed by atoms with Gasteiger partial charge in [0, 0.05) is 39.8 Å². The molecule has 0 bridgehead atoms. The summed E-state index contributed by atoms with van der Waals surface area (Å²) in [5.41, 5.74) is 0.849. The van der Waals surface area contributed by atoms with Crippen LogP contribution in [-0.4, -0.2) is 89.4 Å². The first kappa shape index (κ1) is 21.9. The smallest absolute Gasteiger partial charge is 0.289 e. The monoisotopic (exact) mass is 443 g/mol. The predicted octanol–water partition coefficient (Wildman–Crippen LogP) is 1.26. The molecule has 0 aliphatic carbocycles. The fourth-order valence-corrected chi connectivity index (χ4v) is 3.65. The zero-order valence-electron chi connectivity index (χ0n) is 16.0. The van der Waals surface area contributed by atoms with E-state index in [9.17, 15) is 19.8 Å². The summed E-state index contributed by atoms with van der Waals surface area (Å²) in [6, 6.07) is 5.08. The van der Waals surface area contributed by atoms with Gasteiger partial charge < -0.3 is 24.7 Å². The van der Waals surface area contributed by atoms with Crippen molar-refractivity contribution in [2.24, 2.45) is 0 Å². The summed E-state index contributed by atoms with van der Waals surface area (Å²) in [4.78, 5) is 29.9. The average molecular weight is 444 g/mol. The minimum absolute atomic E-state index is 0.0438. The molecule has 1 unspecified atom stereocenters. The SMILES string of the molecule is CN(Cc1ccc(Cl)c(Cl)c1)C(=O)C1=C(O)C(=O)N(CCN2CCOC(O)C2)C1. The van der Waals surface area contributed by atoms with Gasteiger partial charge in [0.1, 0.15) is 0 Å². The van der Waals surface area contributed by atoms with Gasteiger partial charge in [-0.05, 0) is 17.7 Å².